The average molecular weight is 427 g/mol. The van der Waals surface area contributed by atoms with Gasteiger partial charge in [0.15, 0.2) is 0 Å². The number of thiophene rings is 1. The van der Waals surface area contributed by atoms with E-state index in [1.807, 2.05) is 26.8 Å². The van der Waals surface area contributed by atoms with Crippen LogP contribution in [0.1, 0.15) is 62.4 Å². The number of hydrogen-bond acceptors (Lipinski definition) is 5. The number of rotatable bonds is 5. The van der Waals surface area contributed by atoms with E-state index in [1.54, 1.807) is 20.8 Å². The minimum Gasteiger partial charge on any atom is -0.464 e. The van der Waals surface area contributed by atoms with E-state index in [0.717, 1.165) is 16.0 Å². The predicted octanol–water partition coefficient (Wildman–Crippen LogP) is 5.47. The molecule has 2 aromatic heterocycles. The quantitative estimate of drug-likeness (QED) is 0.508. The number of carbonyl (C=O) groups excluding carboxylic acids is 1. The summed E-state index contributed by atoms with van der Waals surface area (Å²) in [7, 11) is 0. The van der Waals surface area contributed by atoms with Crippen molar-refractivity contribution in [2.75, 3.05) is 6.61 Å². The summed E-state index contributed by atoms with van der Waals surface area (Å²) in [5, 5.41) is 0.572. The van der Waals surface area contributed by atoms with Crippen LogP contribution in [-0.4, -0.2) is 22.1 Å². The summed E-state index contributed by atoms with van der Waals surface area (Å²) in [6, 6.07) is 6.23. The van der Waals surface area contributed by atoms with E-state index in [-0.39, 0.29) is 18.1 Å². The summed E-state index contributed by atoms with van der Waals surface area (Å²) < 4.78 is 6.82. The molecule has 0 saturated carbocycles. The third kappa shape index (κ3) is 3.58. The average Bonchev–Trinajstić information content (AvgIpc) is 3.00. The van der Waals surface area contributed by atoms with Crippen molar-refractivity contribution in [1.82, 2.24) is 9.55 Å². The molecule has 0 atom stereocenters. The number of aromatic nitrogens is 2. The van der Waals surface area contributed by atoms with Crippen LogP contribution >= 0.6 is 11.3 Å². The van der Waals surface area contributed by atoms with Crippen LogP contribution in [0.2, 0.25) is 0 Å². The van der Waals surface area contributed by atoms with E-state index in [2.05, 4.69) is 26.0 Å². The Morgan fingerprint density at radius 2 is 1.87 bits per heavy atom. The minimum absolute atomic E-state index is 0.0247. The highest BCUT2D eigenvalue weighted by molar-refractivity contribution is 7.19. The van der Waals surface area contributed by atoms with Crippen LogP contribution in [0.4, 0.5) is 0 Å². The second-order valence-electron chi connectivity index (χ2n) is 8.56. The first-order valence-corrected chi connectivity index (χ1v) is 11.1. The Hall–Kier alpha value is -2.47. The summed E-state index contributed by atoms with van der Waals surface area (Å²) in [4.78, 5) is 33.3. The Balaban J connectivity index is 2.41. The molecule has 30 heavy (non-hydrogen) atoms. The molecule has 0 fully saturated rings. The Labute approximate surface area is 181 Å². The van der Waals surface area contributed by atoms with Gasteiger partial charge in [-0.15, -0.1) is 11.3 Å². The number of nitrogens with zero attached hydrogens (tertiary/aromatic N) is 2. The molecule has 0 aliphatic heterocycles. The van der Waals surface area contributed by atoms with Gasteiger partial charge in [0.2, 0.25) is 0 Å². The fourth-order valence-corrected chi connectivity index (χ4v) is 4.79. The van der Waals surface area contributed by atoms with Crippen molar-refractivity contribution in [3.8, 4) is 11.1 Å². The van der Waals surface area contributed by atoms with Gasteiger partial charge in [0.05, 0.1) is 12.0 Å². The van der Waals surface area contributed by atoms with Crippen LogP contribution in [0.5, 0.6) is 0 Å². The highest BCUT2D eigenvalue weighted by Crippen LogP contribution is 2.37. The van der Waals surface area contributed by atoms with Gasteiger partial charge in [0.1, 0.15) is 16.2 Å². The maximum atomic E-state index is 13.9. The molecule has 1 aromatic carbocycles. The standard InChI is InChI=1S/C24H30N2O3S/c1-9-29-23(28)24(7,8)26-20(13(2)3)25-21-19(22(26)27)18(16(6)30-21)17-11-10-14(4)15(5)12-17/h10-13H,9H2,1-8H3. The fourth-order valence-electron chi connectivity index (χ4n) is 3.75. The normalized spacial score (nSPS) is 12.0. The molecule has 0 N–H and O–H groups in total. The van der Waals surface area contributed by atoms with E-state index < -0.39 is 11.5 Å². The highest BCUT2D eigenvalue weighted by atomic mass is 32.1. The molecule has 0 amide bonds. The van der Waals surface area contributed by atoms with Crippen molar-refractivity contribution in [1.29, 1.82) is 0 Å². The van der Waals surface area contributed by atoms with Gasteiger partial charge in [-0.1, -0.05) is 32.0 Å². The van der Waals surface area contributed by atoms with E-state index in [9.17, 15) is 9.59 Å². The Bertz CT molecular complexity index is 1190. The van der Waals surface area contributed by atoms with Crippen LogP contribution in [-0.2, 0) is 15.1 Å². The second kappa shape index (κ2) is 7.99. The summed E-state index contributed by atoms with van der Waals surface area (Å²) in [5.74, 6) is 0.136. The van der Waals surface area contributed by atoms with Crippen LogP contribution in [0.15, 0.2) is 23.0 Å². The van der Waals surface area contributed by atoms with Crippen molar-refractivity contribution in [3.05, 3.63) is 50.4 Å². The van der Waals surface area contributed by atoms with Crippen molar-refractivity contribution in [2.24, 2.45) is 0 Å². The summed E-state index contributed by atoms with van der Waals surface area (Å²) in [5.41, 5.74) is 2.92. The predicted molar refractivity (Wildman–Crippen MR) is 124 cm³/mol. The molecule has 0 saturated heterocycles. The molecule has 0 spiro atoms. The zero-order chi connectivity index (χ0) is 22.4. The Morgan fingerprint density at radius 3 is 2.43 bits per heavy atom. The molecule has 0 aliphatic rings. The highest BCUT2D eigenvalue weighted by Gasteiger charge is 2.36. The third-order valence-electron chi connectivity index (χ3n) is 5.57. The van der Waals surface area contributed by atoms with E-state index >= 15 is 0 Å². The van der Waals surface area contributed by atoms with Crippen molar-refractivity contribution < 1.29 is 9.53 Å². The van der Waals surface area contributed by atoms with Gasteiger partial charge < -0.3 is 4.74 Å². The molecule has 6 heteroatoms. The third-order valence-corrected chi connectivity index (χ3v) is 6.57. The van der Waals surface area contributed by atoms with Crippen molar-refractivity contribution in [3.63, 3.8) is 0 Å². The van der Waals surface area contributed by atoms with E-state index in [1.165, 1.54) is 27.0 Å². The number of aryl methyl sites for hydroxylation is 3. The molecule has 3 aromatic rings. The molecule has 0 bridgehead atoms. The van der Waals surface area contributed by atoms with E-state index in [4.69, 9.17) is 9.72 Å². The molecule has 3 rings (SSSR count). The van der Waals surface area contributed by atoms with E-state index in [0.29, 0.717) is 16.0 Å². The van der Waals surface area contributed by atoms with Gasteiger partial charge in [-0.3, -0.25) is 9.36 Å². The molecular formula is C24H30N2O3S. The van der Waals surface area contributed by atoms with Gasteiger partial charge in [0, 0.05) is 16.4 Å². The lowest BCUT2D eigenvalue weighted by molar-refractivity contribution is -0.152. The molecular weight excluding hydrogens is 396 g/mol. The maximum Gasteiger partial charge on any atom is 0.331 e. The first-order chi connectivity index (χ1) is 14.0. The smallest absolute Gasteiger partial charge is 0.331 e. The second-order valence-corrected chi connectivity index (χ2v) is 9.76. The zero-order valence-corrected chi connectivity index (χ0v) is 19.9. The maximum absolute atomic E-state index is 13.9. The van der Waals surface area contributed by atoms with Crippen LogP contribution in [0, 0.1) is 20.8 Å². The molecule has 160 valence electrons. The molecule has 0 unspecified atom stereocenters. The van der Waals surface area contributed by atoms with Crippen LogP contribution < -0.4 is 5.56 Å². The SMILES string of the molecule is CCOC(=O)C(C)(C)n1c(C(C)C)nc2sc(C)c(-c3ccc(C)c(C)c3)c2c1=O. The number of benzene rings is 1. The van der Waals surface area contributed by atoms with Gasteiger partial charge in [-0.05, 0) is 58.2 Å². The largest absolute Gasteiger partial charge is 0.464 e. The van der Waals surface area contributed by atoms with Crippen molar-refractivity contribution >= 4 is 27.5 Å². The number of hydrogen-bond donors (Lipinski definition) is 0. The van der Waals surface area contributed by atoms with Crippen LogP contribution in [0.3, 0.4) is 0 Å². The lowest BCUT2D eigenvalue weighted by atomic mass is 9.98. The lowest BCUT2D eigenvalue weighted by Gasteiger charge is -2.28. The molecule has 0 aliphatic carbocycles. The van der Waals surface area contributed by atoms with Gasteiger partial charge in [-0.2, -0.15) is 0 Å². The monoisotopic (exact) mass is 426 g/mol. The minimum atomic E-state index is -1.16. The Kier molecular flexibility index (Phi) is 5.92. The van der Waals surface area contributed by atoms with Gasteiger partial charge in [-0.25, -0.2) is 9.78 Å². The summed E-state index contributed by atoms with van der Waals surface area (Å²) >= 11 is 1.53. The summed E-state index contributed by atoms with van der Waals surface area (Å²) in [6.45, 7) is 15.6. The topological polar surface area (TPSA) is 61.2 Å². The Morgan fingerprint density at radius 1 is 1.20 bits per heavy atom. The lowest BCUT2D eigenvalue weighted by Crippen LogP contribution is -2.46. The van der Waals surface area contributed by atoms with Gasteiger partial charge >= 0.3 is 5.97 Å². The van der Waals surface area contributed by atoms with Gasteiger partial charge in [0.25, 0.3) is 5.56 Å². The fraction of sp³-hybridized carbons (Fsp3) is 0.458. The first-order valence-electron chi connectivity index (χ1n) is 10.3. The van der Waals surface area contributed by atoms with Crippen molar-refractivity contribution in [2.45, 2.75) is 66.8 Å². The number of fused-ring (bicyclic) bond motifs is 1. The molecule has 5 nitrogen and oxygen atoms in total. The molecule has 2 heterocycles. The number of ether oxygens (including phenoxy) is 1. The number of carbonyl (C=O) groups is 1. The van der Waals surface area contributed by atoms with Crippen LogP contribution in [0.25, 0.3) is 21.3 Å². The zero-order valence-electron chi connectivity index (χ0n) is 19.0. The number of esters is 1. The molecule has 0 radical (unpaired) electrons. The summed E-state index contributed by atoms with van der Waals surface area (Å²) in [6.07, 6.45) is 0. The first kappa shape index (κ1) is 22.2.